The van der Waals surface area contributed by atoms with Gasteiger partial charge in [0.05, 0.1) is 16.0 Å². The lowest BCUT2D eigenvalue weighted by Crippen LogP contribution is -2.40. The Morgan fingerprint density at radius 3 is 2.07 bits per heavy atom. The summed E-state index contributed by atoms with van der Waals surface area (Å²) in [6.45, 7) is -0.486. The summed E-state index contributed by atoms with van der Waals surface area (Å²) in [5.41, 5.74) is 0.942. The molecular weight excluding hydrogens is 382 g/mol. The zero-order valence-electron chi connectivity index (χ0n) is 15.4. The van der Waals surface area contributed by atoms with E-state index in [4.69, 9.17) is 0 Å². The smallest absolute Gasteiger partial charge is 0.262 e. The minimum Gasteiger partial charge on any atom is -0.350 e. The van der Waals surface area contributed by atoms with Gasteiger partial charge in [-0.15, -0.1) is 0 Å². The third kappa shape index (κ3) is 3.54. The number of imide groups is 1. The summed E-state index contributed by atoms with van der Waals surface area (Å²) < 4.78 is 25.9. The van der Waals surface area contributed by atoms with E-state index < -0.39 is 34.3 Å². The molecule has 0 saturated heterocycles. The van der Waals surface area contributed by atoms with Gasteiger partial charge in [-0.05, 0) is 23.8 Å². The quantitative estimate of drug-likeness (QED) is 0.723. The van der Waals surface area contributed by atoms with E-state index in [0.29, 0.717) is 5.56 Å². The third-order valence-electron chi connectivity index (χ3n) is 4.39. The lowest BCUT2D eigenvalue weighted by atomic mass is 10.1. The van der Waals surface area contributed by atoms with Crippen molar-refractivity contribution in [3.63, 3.8) is 0 Å². The van der Waals surface area contributed by atoms with Crippen molar-refractivity contribution in [2.45, 2.75) is 11.4 Å². The Hall–Kier alpha value is -3.04. The summed E-state index contributed by atoms with van der Waals surface area (Å²) in [5, 5.41) is 2.58. The summed E-state index contributed by atoms with van der Waals surface area (Å²) in [7, 11) is -0.821. The van der Waals surface area contributed by atoms with Crippen molar-refractivity contribution in [3.05, 3.63) is 65.2 Å². The van der Waals surface area contributed by atoms with E-state index in [2.05, 4.69) is 5.32 Å². The van der Waals surface area contributed by atoms with Crippen molar-refractivity contribution in [1.29, 1.82) is 0 Å². The fraction of sp³-hybridized carbons (Fsp3) is 0.211. The van der Waals surface area contributed by atoms with Crippen LogP contribution in [0.3, 0.4) is 0 Å². The molecule has 1 heterocycles. The number of carbonyl (C=O) groups excluding carboxylic acids is 3. The molecule has 0 saturated carbocycles. The Morgan fingerprint density at radius 1 is 0.964 bits per heavy atom. The number of benzene rings is 2. The average Bonchev–Trinajstić information content (AvgIpc) is 2.91. The van der Waals surface area contributed by atoms with Crippen molar-refractivity contribution in [3.8, 4) is 0 Å². The first-order chi connectivity index (χ1) is 13.2. The first kappa shape index (κ1) is 19.7. The van der Waals surface area contributed by atoms with Crippen LogP contribution in [-0.2, 0) is 21.4 Å². The molecule has 3 rings (SSSR count). The van der Waals surface area contributed by atoms with E-state index in [0.717, 1.165) is 9.21 Å². The number of carbonyl (C=O) groups is 3. The van der Waals surface area contributed by atoms with Crippen LogP contribution in [0.5, 0.6) is 0 Å². The Kier molecular flexibility index (Phi) is 5.30. The predicted molar refractivity (Wildman–Crippen MR) is 101 cm³/mol. The van der Waals surface area contributed by atoms with Gasteiger partial charge >= 0.3 is 0 Å². The van der Waals surface area contributed by atoms with Crippen LogP contribution in [0.1, 0.15) is 26.3 Å². The van der Waals surface area contributed by atoms with E-state index in [1.165, 1.54) is 32.3 Å². The second-order valence-corrected chi connectivity index (χ2v) is 8.53. The molecule has 2 aromatic rings. The number of rotatable bonds is 6. The highest BCUT2D eigenvalue weighted by Gasteiger charge is 2.36. The molecule has 8 nitrogen and oxygen atoms in total. The van der Waals surface area contributed by atoms with Gasteiger partial charge in [0.1, 0.15) is 6.54 Å². The molecule has 1 aliphatic heterocycles. The van der Waals surface area contributed by atoms with Crippen molar-refractivity contribution >= 4 is 27.7 Å². The van der Waals surface area contributed by atoms with Gasteiger partial charge in [0, 0.05) is 20.6 Å². The number of fused-ring (bicyclic) bond motifs is 1. The normalized spacial score (nSPS) is 13.8. The maximum atomic E-state index is 12.4. The first-order valence-electron chi connectivity index (χ1n) is 8.46. The van der Waals surface area contributed by atoms with Gasteiger partial charge in [-0.3, -0.25) is 19.3 Å². The largest absolute Gasteiger partial charge is 0.350 e. The van der Waals surface area contributed by atoms with Crippen LogP contribution in [0.15, 0.2) is 53.4 Å². The lowest BCUT2D eigenvalue weighted by Gasteiger charge is -2.16. The molecule has 1 N–H and O–H groups in total. The molecule has 2 aromatic carbocycles. The first-order valence-corrected chi connectivity index (χ1v) is 9.90. The van der Waals surface area contributed by atoms with E-state index in [1.54, 1.807) is 30.3 Å². The monoisotopic (exact) mass is 401 g/mol. The molecule has 0 atom stereocenters. The summed E-state index contributed by atoms with van der Waals surface area (Å²) in [6, 6.07) is 12.7. The van der Waals surface area contributed by atoms with Crippen LogP contribution in [0.4, 0.5) is 0 Å². The lowest BCUT2D eigenvalue weighted by molar-refractivity contribution is -0.121. The van der Waals surface area contributed by atoms with Crippen molar-refractivity contribution in [1.82, 2.24) is 14.5 Å². The maximum Gasteiger partial charge on any atom is 0.262 e. The Morgan fingerprint density at radius 2 is 1.50 bits per heavy atom. The van der Waals surface area contributed by atoms with Gasteiger partial charge in [0.15, 0.2) is 0 Å². The molecule has 3 amide bonds. The van der Waals surface area contributed by atoms with Crippen molar-refractivity contribution in [2.75, 3.05) is 20.6 Å². The maximum absolute atomic E-state index is 12.4. The highest BCUT2D eigenvalue weighted by molar-refractivity contribution is 7.89. The zero-order chi connectivity index (χ0) is 20.5. The second-order valence-electron chi connectivity index (χ2n) is 6.41. The molecule has 9 heteroatoms. The van der Waals surface area contributed by atoms with Crippen molar-refractivity contribution < 1.29 is 22.8 Å². The van der Waals surface area contributed by atoms with Crippen LogP contribution in [-0.4, -0.2) is 56.0 Å². The number of amides is 3. The Labute approximate surface area is 162 Å². The average molecular weight is 401 g/mol. The second kappa shape index (κ2) is 7.53. The Bertz CT molecular complexity index is 1030. The highest BCUT2D eigenvalue weighted by Crippen LogP contribution is 2.22. The fourth-order valence-electron chi connectivity index (χ4n) is 2.87. The molecule has 146 valence electrons. The van der Waals surface area contributed by atoms with Gasteiger partial charge in [0.2, 0.25) is 15.9 Å². The van der Waals surface area contributed by atoms with Crippen molar-refractivity contribution in [2.24, 2.45) is 0 Å². The van der Waals surface area contributed by atoms with Gasteiger partial charge in [-0.1, -0.05) is 30.3 Å². The molecule has 0 fully saturated rings. The molecule has 0 bridgehead atoms. The number of nitrogens with one attached hydrogen (secondary N) is 1. The van der Waals surface area contributed by atoms with E-state index in [9.17, 15) is 22.8 Å². The molecule has 0 spiro atoms. The summed E-state index contributed by atoms with van der Waals surface area (Å²) in [5.74, 6) is -1.61. The van der Waals surface area contributed by atoms with Gasteiger partial charge in [0.25, 0.3) is 11.8 Å². The molecule has 0 aromatic heterocycles. The topological polar surface area (TPSA) is 104 Å². The number of nitrogens with zero attached hydrogens (tertiary/aromatic N) is 2. The highest BCUT2D eigenvalue weighted by atomic mass is 32.2. The van der Waals surface area contributed by atoms with Crippen LogP contribution in [0, 0.1) is 0 Å². The van der Waals surface area contributed by atoms with Crippen LogP contribution < -0.4 is 5.32 Å². The number of sulfonamides is 1. The van der Waals surface area contributed by atoms with Gasteiger partial charge in [-0.25, -0.2) is 12.7 Å². The van der Waals surface area contributed by atoms with Crippen LogP contribution in [0.2, 0.25) is 0 Å². The summed E-state index contributed by atoms with van der Waals surface area (Å²) in [4.78, 5) is 37.9. The standard InChI is InChI=1S/C19H19N3O5S/c1-21(2)28(26,27)16-10-6-3-7-13(16)11-20-17(23)12-22-18(24)14-8-4-5-9-15(14)19(22)25/h3-10H,11-12H2,1-2H3,(H,20,23). The molecular formula is C19H19N3O5S. The van der Waals surface area contributed by atoms with E-state index in [-0.39, 0.29) is 22.6 Å². The molecule has 0 unspecified atom stereocenters. The number of hydrogen-bond acceptors (Lipinski definition) is 5. The minimum atomic E-state index is -3.67. The SMILES string of the molecule is CN(C)S(=O)(=O)c1ccccc1CNC(=O)CN1C(=O)c2ccccc2C1=O. The summed E-state index contributed by atoms with van der Waals surface area (Å²) >= 11 is 0. The summed E-state index contributed by atoms with van der Waals surface area (Å²) in [6.07, 6.45) is 0. The molecule has 1 aliphatic rings. The van der Waals surface area contributed by atoms with E-state index in [1.807, 2.05) is 0 Å². The van der Waals surface area contributed by atoms with E-state index >= 15 is 0 Å². The molecule has 0 radical (unpaired) electrons. The third-order valence-corrected chi connectivity index (χ3v) is 6.30. The van der Waals surface area contributed by atoms with Gasteiger partial charge in [-0.2, -0.15) is 0 Å². The van der Waals surface area contributed by atoms with Gasteiger partial charge < -0.3 is 5.32 Å². The van der Waals surface area contributed by atoms with Crippen LogP contribution in [0.25, 0.3) is 0 Å². The van der Waals surface area contributed by atoms with Crippen LogP contribution >= 0.6 is 0 Å². The minimum absolute atomic E-state index is 0.0504. The zero-order valence-corrected chi connectivity index (χ0v) is 16.2. The molecule has 0 aliphatic carbocycles. The molecule has 28 heavy (non-hydrogen) atoms. The number of hydrogen-bond donors (Lipinski definition) is 1. The fourth-order valence-corrected chi connectivity index (χ4v) is 3.99. The Balaban J connectivity index is 1.70. The predicted octanol–water partition coefficient (Wildman–Crippen LogP) is 0.849.